The number of nitrogens with zero attached hydrogens (tertiary/aromatic N) is 1. The first-order valence-corrected chi connectivity index (χ1v) is 5.50. The van der Waals surface area contributed by atoms with E-state index in [-0.39, 0.29) is 22.9 Å². The Bertz CT molecular complexity index is 198. The lowest BCUT2D eigenvalue weighted by Crippen LogP contribution is -2.34. The van der Waals surface area contributed by atoms with Crippen molar-refractivity contribution in [1.82, 2.24) is 4.90 Å². The number of rotatable bonds is 3. The van der Waals surface area contributed by atoms with Crippen LogP contribution in [0.15, 0.2) is 0 Å². The number of carbonyl (C=O) groups excluding carboxylic acids is 1. The van der Waals surface area contributed by atoms with E-state index >= 15 is 0 Å². The number of likely N-dealkylation sites (tertiary alicyclic amines) is 1. The van der Waals surface area contributed by atoms with Crippen molar-refractivity contribution in [2.24, 2.45) is 0 Å². The fourth-order valence-electron chi connectivity index (χ4n) is 1.63. The smallest absolute Gasteiger partial charge is 0.236 e. The van der Waals surface area contributed by atoms with Crippen LogP contribution in [0.4, 0.5) is 0 Å². The van der Waals surface area contributed by atoms with Crippen molar-refractivity contribution in [2.75, 3.05) is 27.3 Å². The molecule has 1 amide bonds. The third kappa shape index (κ3) is 2.46. The van der Waals surface area contributed by atoms with Gasteiger partial charge in [0, 0.05) is 27.3 Å². The van der Waals surface area contributed by atoms with E-state index < -0.39 is 0 Å². The molecule has 0 saturated carbocycles. The van der Waals surface area contributed by atoms with Crippen LogP contribution in [0, 0.1) is 0 Å². The van der Waals surface area contributed by atoms with Crippen molar-refractivity contribution in [3.63, 3.8) is 0 Å². The third-order valence-corrected chi connectivity index (χ3v) is 2.86. The first kappa shape index (κ1) is 11.9. The summed E-state index contributed by atoms with van der Waals surface area (Å²) in [5.41, 5.74) is 0. The fraction of sp³-hybridized carbons (Fsp3) is 0.889. The summed E-state index contributed by atoms with van der Waals surface area (Å²) in [6, 6.07) is 0. The van der Waals surface area contributed by atoms with Gasteiger partial charge in [-0.05, 0) is 6.92 Å². The summed E-state index contributed by atoms with van der Waals surface area (Å²) in [7, 11) is 3.28. The molecular weight excluding hydrogens is 250 g/mol. The minimum absolute atomic E-state index is 0.00444. The lowest BCUT2D eigenvalue weighted by Gasteiger charge is -2.16. The molecule has 0 spiro atoms. The number of halogens is 1. The predicted molar refractivity (Wildman–Crippen MR) is 56.6 cm³/mol. The van der Waals surface area contributed by atoms with Gasteiger partial charge in [-0.3, -0.25) is 4.79 Å². The van der Waals surface area contributed by atoms with E-state index in [0.717, 1.165) is 0 Å². The minimum Gasteiger partial charge on any atom is -0.377 e. The Hall–Kier alpha value is -0.130. The zero-order valence-corrected chi connectivity index (χ0v) is 10.3. The largest absolute Gasteiger partial charge is 0.377 e. The SMILES string of the molecule is COC1CN(C(=O)C(C)Br)CC1OC. The molecule has 1 aliphatic heterocycles. The number of ether oxygens (including phenoxy) is 2. The first-order valence-electron chi connectivity index (χ1n) is 4.58. The van der Waals surface area contributed by atoms with Gasteiger partial charge in [0.05, 0.1) is 4.83 Å². The molecule has 0 aliphatic carbocycles. The molecular formula is C9H16BrNO3. The molecule has 0 aromatic carbocycles. The summed E-state index contributed by atoms with van der Waals surface area (Å²) in [5, 5.41) is 0. The summed E-state index contributed by atoms with van der Waals surface area (Å²) in [5.74, 6) is 0.0894. The number of methoxy groups -OCH3 is 2. The first-order chi connectivity index (χ1) is 6.60. The second-order valence-corrected chi connectivity index (χ2v) is 4.78. The number of amides is 1. The van der Waals surface area contributed by atoms with E-state index in [1.807, 2.05) is 6.92 Å². The highest BCUT2D eigenvalue weighted by atomic mass is 79.9. The maximum atomic E-state index is 11.6. The predicted octanol–water partition coefficient (Wildman–Crippen LogP) is 0.642. The molecule has 0 N–H and O–H groups in total. The zero-order chi connectivity index (χ0) is 10.7. The van der Waals surface area contributed by atoms with Gasteiger partial charge in [-0.1, -0.05) is 15.9 Å². The Kier molecular flexibility index (Phi) is 4.34. The van der Waals surface area contributed by atoms with Crippen LogP contribution in [0.3, 0.4) is 0 Å². The monoisotopic (exact) mass is 265 g/mol. The molecule has 3 atom stereocenters. The molecule has 4 nitrogen and oxygen atoms in total. The molecule has 1 heterocycles. The second kappa shape index (κ2) is 5.09. The third-order valence-electron chi connectivity index (χ3n) is 2.47. The van der Waals surface area contributed by atoms with Crippen LogP contribution in [-0.4, -0.2) is 55.2 Å². The van der Waals surface area contributed by atoms with E-state index in [1.54, 1.807) is 19.1 Å². The number of hydrogen-bond acceptors (Lipinski definition) is 3. The highest BCUT2D eigenvalue weighted by molar-refractivity contribution is 9.10. The van der Waals surface area contributed by atoms with Gasteiger partial charge >= 0.3 is 0 Å². The van der Waals surface area contributed by atoms with Gasteiger partial charge in [0.25, 0.3) is 0 Å². The van der Waals surface area contributed by atoms with Gasteiger partial charge in [-0.15, -0.1) is 0 Å². The summed E-state index contributed by atoms with van der Waals surface area (Å²) >= 11 is 3.26. The van der Waals surface area contributed by atoms with Crippen LogP contribution in [0.1, 0.15) is 6.92 Å². The Morgan fingerprint density at radius 1 is 1.36 bits per heavy atom. The normalized spacial score (nSPS) is 29.3. The molecule has 0 aromatic heterocycles. The van der Waals surface area contributed by atoms with E-state index in [4.69, 9.17) is 9.47 Å². The van der Waals surface area contributed by atoms with Crippen molar-refractivity contribution in [3.05, 3.63) is 0 Å². The second-order valence-electron chi connectivity index (χ2n) is 3.41. The lowest BCUT2D eigenvalue weighted by molar-refractivity contribution is -0.129. The Morgan fingerprint density at radius 3 is 2.07 bits per heavy atom. The standard InChI is InChI=1S/C9H16BrNO3/c1-6(10)9(12)11-4-7(13-2)8(5-11)14-3/h6-8H,4-5H2,1-3H3. The van der Waals surface area contributed by atoms with Crippen molar-refractivity contribution < 1.29 is 14.3 Å². The quantitative estimate of drug-likeness (QED) is 0.704. The average Bonchev–Trinajstić information content (AvgIpc) is 2.59. The molecule has 0 aromatic rings. The molecule has 14 heavy (non-hydrogen) atoms. The van der Waals surface area contributed by atoms with Crippen molar-refractivity contribution >= 4 is 21.8 Å². The molecule has 3 unspecified atom stereocenters. The number of hydrogen-bond donors (Lipinski definition) is 0. The summed E-state index contributed by atoms with van der Waals surface area (Å²) in [6.45, 7) is 3.05. The van der Waals surface area contributed by atoms with Gasteiger partial charge < -0.3 is 14.4 Å². The van der Waals surface area contributed by atoms with Gasteiger partial charge in [-0.25, -0.2) is 0 Å². The van der Waals surface area contributed by atoms with Crippen LogP contribution in [0.5, 0.6) is 0 Å². The van der Waals surface area contributed by atoms with Crippen LogP contribution in [-0.2, 0) is 14.3 Å². The maximum Gasteiger partial charge on any atom is 0.236 e. The molecule has 82 valence electrons. The Morgan fingerprint density at radius 2 is 1.79 bits per heavy atom. The highest BCUT2D eigenvalue weighted by Crippen LogP contribution is 2.17. The van der Waals surface area contributed by atoms with Crippen LogP contribution in [0.25, 0.3) is 0 Å². The molecule has 1 fully saturated rings. The highest BCUT2D eigenvalue weighted by Gasteiger charge is 2.36. The van der Waals surface area contributed by atoms with Crippen molar-refractivity contribution in [2.45, 2.75) is 24.0 Å². The molecule has 0 bridgehead atoms. The van der Waals surface area contributed by atoms with E-state index in [0.29, 0.717) is 13.1 Å². The number of carbonyl (C=O) groups is 1. The average molecular weight is 266 g/mol. The molecule has 1 aliphatic rings. The molecule has 1 rings (SSSR count). The zero-order valence-electron chi connectivity index (χ0n) is 8.70. The number of alkyl halides is 1. The van der Waals surface area contributed by atoms with Gasteiger partial charge in [0.15, 0.2) is 0 Å². The Labute approximate surface area is 92.7 Å². The Balaban J connectivity index is 2.57. The summed E-state index contributed by atoms with van der Waals surface area (Å²) < 4.78 is 10.5. The van der Waals surface area contributed by atoms with E-state index in [2.05, 4.69) is 15.9 Å². The van der Waals surface area contributed by atoms with Gasteiger partial charge in [0.2, 0.25) is 5.91 Å². The topological polar surface area (TPSA) is 38.8 Å². The van der Waals surface area contributed by atoms with E-state index in [9.17, 15) is 4.79 Å². The summed E-state index contributed by atoms with van der Waals surface area (Å²) in [4.78, 5) is 13.3. The van der Waals surface area contributed by atoms with Gasteiger partial charge in [0.1, 0.15) is 12.2 Å². The van der Waals surface area contributed by atoms with Gasteiger partial charge in [-0.2, -0.15) is 0 Å². The van der Waals surface area contributed by atoms with Crippen LogP contribution < -0.4 is 0 Å². The molecule has 5 heteroatoms. The van der Waals surface area contributed by atoms with Crippen molar-refractivity contribution in [1.29, 1.82) is 0 Å². The lowest BCUT2D eigenvalue weighted by atomic mass is 10.3. The van der Waals surface area contributed by atoms with Crippen LogP contribution >= 0.6 is 15.9 Å². The van der Waals surface area contributed by atoms with Crippen LogP contribution in [0.2, 0.25) is 0 Å². The summed E-state index contributed by atoms with van der Waals surface area (Å²) in [6.07, 6.45) is -0.00889. The molecule has 1 saturated heterocycles. The van der Waals surface area contributed by atoms with E-state index in [1.165, 1.54) is 0 Å². The minimum atomic E-state index is -0.143. The maximum absolute atomic E-state index is 11.6. The fourth-order valence-corrected chi connectivity index (χ4v) is 1.92. The molecule has 0 radical (unpaired) electrons. The van der Waals surface area contributed by atoms with Crippen molar-refractivity contribution in [3.8, 4) is 0 Å².